The number of hydrogen-bond acceptors (Lipinski definition) is 3. The van der Waals surface area contributed by atoms with Crippen molar-refractivity contribution in [1.29, 1.82) is 0 Å². The van der Waals surface area contributed by atoms with Crippen LogP contribution in [-0.2, 0) is 0 Å². The molecule has 0 fully saturated rings. The molecule has 0 aliphatic carbocycles. The third kappa shape index (κ3) is 2.46. The summed E-state index contributed by atoms with van der Waals surface area (Å²) in [5.41, 5.74) is 2.82. The fourth-order valence-electron chi connectivity index (χ4n) is 1.89. The van der Waals surface area contributed by atoms with Gasteiger partial charge in [-0.25, -0.2) is 9.97 Å². The smallest absolute Gasteiger partial charge is 0.136 e. The lowest BCUT2D eigenvalue weighted by atomic mass is 9.98. The van der Waals surface area contributed by atoms with Gasteiger partial charge in [0, 0.05) is 11.1 Å². The molecule has 0 amide bonds. The topological polar surface area (TPSA) is 35.0 Å². The van der Waals surface area contributed by atoms with Gasteiger partial charge < -0.3 is 4.74 Å². The highest BCUT2D eigenvalue weighted by Gasteiger charge is 2.15. The highest BCUT2D eigenvalue weighted by molar-refractivity contribution is 6.30. The van der Waals surface area contributed by atoms with E-state index in [9.17, 15) is 0 Å². The number of ether oxygens (including phenoxy) is 1. The summed E-state index contributed by atoms with van der Waals surface area (Å²) in [5, 5.41) is 0.512. The van der Waals surface area contributed by atoms with E-state index in [2.05, 4.69) is 23.8 Å². The van der Waals surface area contributed by atoms with Crippen LogP contribution in [0.4, 0.5) is 0 Å². The number of hydrogen-bond donors (Lipinski definition) is 0. The van der Waals surface area contributed by atoms with E-state index >= 15 is 0 Å². The van der Waals surface area contributed by atoms with E-state index < -0.39 is 0 Å². The monoisotopic (exact) mass is 262 g/mol. The molecule has 0 aliphatic heterocycles. The third-order valence-electron chi connectivity index (χ3n) is 2.76. The summed E-state index contributed by atoms with van der Waals surface area (Å²) in [6.07, 6.45) is 1.49. The maximum absolute atomic E-state index is 6.17. The van der Waals surface area contributed by atoms with Crippen LogP contribution in [0.2, 0.25) is 5.15 Å². The number of nitrogens with zero attached hydrogens (tertiary/aromatic N) is 2. The SMILES string of the molecule is COc1cccc(-c2ncnc(Cl)c2C(C)C)c1. The van der Waals surface area contributed by atoms with E-state index in [1.54, 1.807) is 7.11 Å². The Kier molecular flexibility index (Phi) is 3.82. The van der Waals surface area contributed by atoms with E-state index in [0.717, 1.165) is 22.6 Å². The Morgan fingerprint density at radius 3 is 2.67 bits per heavy atom. The number of aromatic nitrogens is 2. The second kappa shape index (κ2) is 5.36. The standard InChI is InChI=1S/C14H15ClN2O/c1-9(2)12-13(16-8-17-14(12)15)10-5-4-6-11(7-10)18-3/h4-9H,1-3H3. The van der Waals surface area contributed by atoms with Crippen LogP contribution in [-0.4, -0.2) is 17.1 Å². The molecule has 0 saturated carbocycles. The predicted octanol–water partition coefficient (Wildman–Crippen LogP) is 3.93. The fourth-order valence-corrected chi connectivity index (χ4v) is 2.24. The quantitative estimate of drug-likeness (QED) is 0.786. The number of methoxy groups -OCH3 is 1. The lowest BCUT2D eigenvalue weighted by molar-refractivity contribution is 0.415. The summed E-state index contributed by atoms with van der Waals surface area (Å²) in [7, 11) is 1.65. The van der Waals surface area contributed by atoms with Gasteiger partial charge in [-0.1, -0.05) is 37.6 Å². The van der Waals surface area contributed by atoms with E-state index in [1.807, 2.05) is 24.3 Å². The molecule has 2 aromatic rings. The molecule has 0 unspecified atom stereocenters. The molecule has 1 aromatic heterocycles. The third-order valence-corrected chi connectivity index (χ3v) is 3.06. The van der Waals surface area contributed by atoms with Crippen molar-refractivity contribution in [3.05, 3.63) is 41.3 Å². The zero-order valence-corrected chi connectivity index (χ0v) is 11.4. The van der Waals surface area contributed by atoms with Crippen molar-refractivity contribution in [3.63, 3.8) is 0 Å². The van der Waals surface area contributed by atoms with Crippen molar-refractivity contribution < 1.29 is 4.74 Å². The molecule has 94 valence electrons. The maximum atomic E-state index is 6.17. The minimum atomic E-state index is 0.264. The fraction of sp³-hybridized carbons (Fsp3) is 0.286. The summed E-state index contributed by atoms with van der Waals surface area (Å²) in [6, 6.07) is 7.78. The van der Waals surface area contributed by atoms with Crippen LogP contribution in [0.15, 0.2) is 30.6 Å². The molecule has 1 heterocycles. The van der Waals surface area contributed by atoms with Gasteiger partial charge in [-0.3, -0.25) is 0 Å². The number of halogens is 1. The molecule has 0 N–H and O–H groups in total. The molecule has 0 atom stereocenters. The summed E-state index contributed by atoms with van der Waals surface area (Å²) in [4.78, 5) is 8.41. The van der Waals surface area contributed by atoms with Gasteiger partial charge in [0.05, 0.1) is 12.8 Å². The molecule has 0 radical (unpaired) electrons. The predicted molar refractivity (Wildman–Crippen MR) is 73.1 cm³/mol. The Morgan fingerprint density at radius 2 is 2.00 bits per heavy atom. The second-order valence-electron chi connectivity index (χ2n) is 4.31. The summed E-state index contributed by atoms with van der Waals surface area (Å²) < 4.78 is 5.23. The molecule has 0 spiro atoms. The first-order valence-electron chi connectivity index (χ1n) is 5.78. The molecule has 18 heavy (non-hydrogen) atoms. The van der Waals surface area contributed by atoms with Gasteiger partial charge in [-0.2, -0.15) is 0 Å². The molecule has 1 aromatic carbocycles. The van der Waals surface area contributed by atoms with E-state index in [4.69, 9.17) is 16.3 Å². The van der Waals surface area contributed by atoms with Crippen LogP contribution in [0.25, 0.3) is 11.3 Å². The Bertz CT molecular complexity index is 555. The van der Waals surface area contributed by atoms with E-state index in [0.29, 0.717) is 5.15 Å². The van der Waals surface area contributed by atoms with Crippen LogP contribution in [0.5, 0.6) is 5.75 Å². The molecule has 4 heteroatoms. The first-order valence-corrected chi connectivity index (χ1v) is 6.16. The highest BCUT2D eigenvalue weighted by atomic mass is 35.5. The molecular formula is C14H15ClN2O. The van der Waals surface area contributed by atoms with Gasteiger partial charge in [-0.05, 0) is 18.1 Å². The number of benzene rings is 1. The molecule has 0 bridgehead atoms. The van der Waals surface area contributed by atoms with Gasteiger partial charge >= 0.3 is 0 Å². The average Bonchev–Trinajstić information content (AvgIpc) is 2.38. The number of rotatable bonds is 3. The van der Waals surface area contributed by atoms with Gasteiger partial charge in [0.15, 0.2) is 0 Å². The van der Waals surface area contributed by atoms with Crippen molar-refractivity contribution in [1.82, 2.24) is 9.97 Å². The first-order chi connectivity index (χ1) is 8.63. The second-order valence-corrected chi connectivity index (χ2v) is 4.67. The van der Waals surface area contributed by atoms with Crippen LogP contribution in [0, 0.1) is 0 Å². The zero-order chi connectivity index (χ0) is 13.1. The highest BCUT2D eigenvalue weighted by Crippen LogP contribution is 2.32. The Hall–Kier alpha value is -1.61. The van der Waals surface area contributed by atoms with Gasteiger partial charge in [0.2, 0.25) is 0 Å². The van der Waals surface area contributed by atoms with E-state index in [-0.39, 0.29) is 5.92 Å². The first kappa shape index (κ1) is 12.8. The van der Waals surface area contributed by atoms with Crippen molar-refractivity contribution in [2.24, 2.45) is 0 Å². The van der Waals surface area contributed by atoms with Gasteiger partial charge in [-0.15, -0.1) is 0 Å². The summed E-state index contributed by atoms with van der Waals surface area (Å²) >= 11 is 6.17. The summed E-state index contributed by atoms with van der Waals surface area (Å²) in [6.45, 7) is 4.16. The van der Waals surface area contributed by atoms with Crippen LogP contribution >= 0.6 is 11.6 Å². The Morgan fingerprint density at radius 1 is 1.22 bits per heavy atom. The minimum Gasteiger partial charge on any atom is -0.497 e. The molecule has 3 nitrogen and oxygen atoms in total. The van der Waals surface area contributed by atoms with Gasteiger partial charge in [0.1, 0.15) is 17.2 Å². The lowest BCUT2D eigenvalue weighted by Gasteiger charge is -2.13. The Balaban J connectivity index is 2.59. The van der Waals surface area contributed by atoms with Crippen molar-refractivity contribution in [3.8, 4) is 17.0 Å². The summed E-state index contributed by atoms with van der Waals surface area (Å²) in [5.74, 6) is 1.07. The van der Waals surface area contributed by atoms with Gasteiger partial charge in [0.25, 0.3) is 0 Å². The van der Waals surface area contributed by atoms with Crippen LogP contribution in [0.1, 0.15) is 25.3 Å². The van der Waals surface area contributed by atoms with Crippen molar-refractivity contribution in [2.75, 3.05) is 7.11 Å². The zero-order valence-electron chi connectivity index (χ0n) is 10.6. The Labute approximate surface area is 112 Å². The molecule has 2 rings (SSSR count). The van der Waals surface area contributed by atoms with E-state index in [1.165, 1.54) is 6.33 Å². The molecular weight excluding hydrogens is 248 g/mol. The largest absolute Gasteiger partial charge is 0.497 e. The molecule has 0 saturated heterocycles. The van der Waals surface area contributed by atoms with Crippen molar-refractivity contribution >= 4 is 11.6 Å². The van der Waals surface area contributed by atoms with Crippen LogP contribution < -0.4 is 4.74 Å². The normalized spacial score (nSPS) is 10.7. The molecule has 0 aliphatic rings. The average molecular weight is 263 g/mol. The van der Waals surface area contributed by atoms with Crippen molar-refractivity contribution in [2.45, 2.75) is 19.8 Å². The van der Waals surface area contributed by atoms with Crippen LogP contribution in [0.3, 0.4) is 0 Å². The maximum Gasteiger partial charge on any atom is 0.136 e. The lowest BCUT2D eigenvalue weighted by Crippen LogP contribution is -1.99. The minimum absolute atomic E-state index is 0.264.